The topological polar surface area (TPSA) is 62.6 Å². The molecule has 30 heavy (non-hydrogen) atoms. The summed E-state index contributed by atoms with van der Waals surface area (Å²) in [6.45, 7) is 2.39. The molecule has 3 heterocycles. The minimum atomic E-state index is -0.672. The summed E-state index contributed by atoms with van der Waals surface area (Å²) in [4.78, 5) is 30.8. The molecular weight excluding hydrogens is 396 g/mol. The Labute approximate surface area is 179 Å². The molecule has 1 unspecified atom stereocenters. The van der Waals surface area contributed by atoms with Gasteiger partial charge < -0.3 is 14.6 Å². The maximum Gasteiger partial charge on any atom is 0.259 e. The molecule has 0 saturated heterocycles. The second kappa shape index (κ2) is 7.76. The average Bonchev–Trinajstić information content (AvgIpc) is 3.48. The highest BCUT2D eigenvalue weighted by Gasteiger charge is 2.41. The summed E-state index contributed by atoms with van der Waals surface area (Å²) in [5.74, 6) is 0.295. The van der Waals surface area contributed by atoms with E-state index in [-0.39, 0.29) is 17.9 Å². The molecule has 1 atom stereocenters. The molecule has 2 aromatic heterocycles. The molecule has 1 aliphatic heterocycles. The van der Waals surface area contributed by atoms with Crippen LogP contribution in [0.3, 0.4) is 0 Å². The van der Waals surface area contributed by atoms with E-state index in [1.54, 1.807) is 28.6 Å². The van der Waals surface area contributed by atoms with Crippen molar-refractivity contribution in [3.8, 4) is 11.3 Å². The van der Waals surface area contributed by atoms with E-state index in [1.165, 1.54) is 0 Å². The molecule has 2 amide bonds. The second-order valence-corrected chi connectivity index (χ2v) is 9.40. The van der Waals surface area contributed by atoms with E-state index in [2.05, 4.69) is 5.32 Å². The molecule has 0 spiro atoms. The van der Waals surface area contributed by atoms with Crippen LogP contribution in [-0.2, 0) is 11.3 Å². The second-order valence-electron chi connectivity index (χ2n) is 8.11. The van der Waals surface area contributed by atoms with E-state index >= 15 is 0 Å². The largest absolute Gasteiger partial charge is 0.463 e. The number of nitrogens with one attached hydrogen (secondary N) is 1. The van der Waals surface area contributed by atoms with Gasteiger partial charge in [-0.15, -0.1) is 11.3 Å². The van der Waals surface area contributed by atoms with Crippen molar-refractivity contribution < 1.29 is 14.0 Å². The third-order valence-electron chi connectivity index (χ3n) is 5.99. The Hall–Kier alpha value is -2.86. The van der Waals surface area contributed by atoms with Gasteiger partial charge >= 0.3 is 0 Å². The summed E-state index contributed by atoms with van der Waals surface area (Å²) in [6, 6.07) is 13.1. The fourth-order valence-corrected chi connectivity index (χ4v) is 5.70. The minimum absolute atomic E-state index is 0.0977. The smallest absolute Gasteiger partial charge is 0.259 e. The first-order valence-electron chi connectivity index (χ1n) is 10.5. The summed E-state index contributed by atoms with van der Waals surface area (Å²) in [7, 11) is 0. The zero-order valence-electron chi connectivity index (χ0n) is 16.9. The number of carbonyl (C=O) groups excluding carboxylic acids is 2. The summed E-state index contributed by atoms with van der Waals surface area (Å²) in [5.41, 5.74) is 2.36. The molecule has 154 valence electrons. The van der Waals surface area contributed by atoms with Gasteiger partial charge in [0, 0.05) is 27.9 Å². The van der Waals surface area contributed by atoms with Gasteiger partial charge in [0.15, 0.2) is 0 Å². The van der Waals surface area contributed by atoms with Crippen LogP contribution in [0.2, 0.25) is 0 Å². The molecule has 6 heteroatoms. The van der Waals surface area contributed by atoms with Gasteiger partial charge in [0.25, 0.3) is 5.91 Å². The molecule has 3 aromatic rings. The Morgan fingerprint density at radius 2 is 1.93 bits per heavy atom. The maximum atomic E-state index is 13.6. The van der Waals surface area contributed by atoms with Crippen molar-refractivity contribution in [2.24, 2.45) is 0 Å². The molecule has 1 aromatic carbocycles. The van der Waals surface area contributed by atoms with Crippen LogP contribution >= 0.6 is 11.3 Å². The molecule has 0 bridgehead atoms. The van der Waals surface area contributed by atoms with Gasteiger partial charge in [-0.2, -0.15) is 0 Å². The Morgan fingerprint density at radius 1 is 1.17 bits per heavy atom. The lowest BCUT2D eigenvalue weighted by Crippen LogP contribution is -2.45. The number of hydrogen-bond acceptors (Lipinski definition) is 4. The van der Waals surface area contributed by atoms with Crippen LogP contribution in [-0.4, -0.2) is 22.8 Å². The Balaban J connectivity index is 1.61. The SMILES string of the molecule is Cc1cc2c(s1)C(C(=O)NC1CCCC1)N(Cc1ccccc1)C(=O)c1ccoc1-2. The normalized spacial score (nSPS) is 18.8. The first kappa shape index (κ1) is 19.1. The zero-order chi connectivity index (χ0) is 20.7. The molecule has 1 fully saturated rings. The van der Waals surface area contributed by atoms with Crippen molar-refractivity contribution >= 4 is 23.2 Å². The summed E-state index contributed by atoms with van der Waals surface area (Å²) in [5, 5.41) is 3.23. The summed E-state index contributed by atoms with van der Waals surface area (Å²) in [6.07, 6.45) is 5.84. The number of furan rings is 1. The lowest BCUT2D eigenvalue weighted by Gasteiger charge is -2.30. The third kappa shape index (κ3) is 3.35. The van der Waals surface area contributed by atoms with Crippen molar-refractivity contribution in [3.63, 3.8) is 0 Å². The van der Waals surface area contributed by atoms with Crippen molar-refractivity contribution in [1.29, 1.82) is 0 Å². The average molecular weight is 421 g/mol. The van der Waals surface area contributed by atoms with Crippen LogP contribution < -0.4 is 5.32 Å². The number of hydrogen-bond donors (Lipinski definition) is 1. The van der Waals surface area contributed by atoms with E-state index in [4.69, 9.17) is 4.42 Å². The molecule has 0 radical (unpaired) electrons. The summed E-state index contributed by atoms with van der Waals surface area (Å²) < 4.78 is 5.73. The van der Waals surface area contributed by atoms with E-state index in [0.717, 1.165) is 46.6 Å². The highest BCUT2D eigenvalue weighted by atomic mass is 32.1. The van der Waals surface area contributed by atoms with E-state index < -0.39 is 6.04 Å². The molecular formula is C24H24N2O3S. The van der Waals surface area contributed by atoms with Crippen LogP contribution in [0.5, 0.6) is 0 Å². The molecule has 1 aliphatic carbocycles. The van der Waals surface area contributed by atoms with E-state index in [9.17, 15) is 9.59 Å². The van der Waals surface area contributed by atoms with Crippen LogP contribution in [0.15, 0.2) is 53.1 Å². The fourth-order valence-electron chi connectivity index (χ4n) is 4.57. The molecule has 2 aliphatic rings. The van der Waals surface area contributed by atoms with Crippen molar-refractivity contribution in [2.75, 3.05) is 0 Å². The van der Waals surface area contributed by atoms with Gasteiger partial charge in [0.1, 0.15) is 11.8 Å². The van der Waals surface area contributed by atoms with E-state index in [0.29, 0.717) is 17.9 Å². The predicted octanol–water partition coefficient (Wildman–Crippen LogP) is 5.07. The number of fused-ring (bicyclic) bond motifs is 3. The van der Waals surface area contributed by atoms with E-state index in [1.807, 2.05) is 43.3 Å². The number of thiophene rings is 1. The molecule has 5 rings (SSSR count). The number of amides is 2. The Morgan fingerprint density at radius 3 is 2.70 bits per heavy atom. The number of benzene rings is 1. The molecule has 5 nitrogen and oxygen atoms in total. The first-order valence-corrected chi connectivity index (χ1v) is 11.3. The highest BCUT2D eigenvalue weighted by molar-refractivity contribution is 7.12. The van der Waals surface area contributed by atoms with Crippen LogP contribution in [0.1, 0.15) is 57.4 Å². The Bertz CT molecular complexity index is 1080. The van der Waals surface area contributed by atoms with Crippen LogP contribution in [0.25, 0.3) is 11.3 Å². The quantitative estimate of drug-likeness (QED) is 0.641. The zero-order valence-corrected chi connectivity index (χ0v) is 17.7. The third-order valence-corrected chi connectivity index (χ3v) is 7.09. The van der Waals surface area contributed by atoms with Crippen molar-refractivity contribution in [3.05, 3.63) is 69.6 Å². The predicted molar refractivity (Wildman–Crippen MR) is 116 cm³/mol. The number of rotatable bonds is 4. The fraction of sp³-hybridized carbons (Fsp3) is 0.333. The van der Waals surface area contributed by atoms with Gasteiger partial charge in [-0.1, -0.05) is 43.2 Å². The minimum Gasteiger partial charge on any atom is -0.463 e. The van der Waals surface area contributed by atoms with Crippen LogP contribution in [0, 0.1) is 6.92 Å². The lowest BCUT2D eigenvalue weighted by atomic mass is 10.1. The van der Waals surface area contributed by atoms with Gasteiger partial charge in [0.05, 0.1) is 11.8 Å². The monoisotopic (exact) mass is 420 g/mol. The maximum absolute atomic E-state index is 13.6. The van der Waals surface area contributed by atoms with Gasteiger partial charge in [-0.05, 0) is 37.5 Å². The van der Waals surface area contributed by atoms with Crippen molar-refractivity contribution in [2.45, 2.75) is 51.2 Å². The van der Waals surface area contributed by atoms with Gasteiger partial charge in [-0.25, -0.2) is 0 Å². The highest BCUT2D eigenvalue weighted by Crippen LogP contribution is 2.44. The summed E-state index contributed by atoms with van der Waals surface area (Å²) >= 11 is 1.57. The van der Waals surface area contributed by atoms with Crippen molar-refractivity contribution in [1.82, 2.24) is 10.2 Å². The number of nitrogens with zero attached hydrogens (tertiary/aromatic N) is 1. The molecule has 1 N–H and O–H groups in total. The number of aryl methyl sites for hydroxylation is 1. The van der Waals surface area contributed by atoms with Gasteiger partial charge in [-0.3, -0.25) is 9.59 Å². The number of carbonyl (C=O) groups is 2. The van der Waals surface area contributed by atoms with Gasteiger partial charge in [0.2, 0.25) is 5.91 Å². The first-order chi connectivity index (χ1) is 14.6. The molecule has 1 saturated carbocycles. The lowest BCUT2D eigenvalue weighted by molar-refractivity contribution is -0.126. The van der Waals surface area contributed by atoms with Crippen LogP contribution in [0.4, 0.5) is 0 Å². The standard InChI is InChI=1S/C24H24N2O3S/c1-15-13-19-21-18(11-12-29-21)24(28)26(14-16-7-3-2-4-8-16)20(22(19)30-15)23(27)25-17-9-5-6-10-17/h2-4,7-8,11-13,17,20H,5-6,9-10,14H2,1H3,(H,25,27). The Kier molecular flexibility index (Phi) is 4.95.